The van der Waals surface area contributed by atoms with Gasteiger partial charge in [-0.3, -0.25) is 14.9 Å². The van der Waals surface area contributed by atoms with Gasteiger partial charge in [0.05, 0.1) is 29.7 Å². The van der Waals surface area contributed by atoms with Crippen LogP contribution in [0.1, 0.15) is 16.7 Å². The molecule has 3 aromatic rings. The quantitative estimate of drug-likeness (QED) is 0.218. The van der Waals surface area contributed by atoms with Gasteiger partial charge in [-0.25, -0.2) is 13.8 Å². The van der Waals surface area contributed by atoms with Gasteiger partial charge in [0.15, 0.2) is 5.75 Å². The molecule has 0 bridgehead atoms. The summed E-state index contributed by atoms with van der Waals surface area (Å²) in [6.07, 6.45) is 1.19. The second-order valence-electron chi connectivity index (χ2n) is 7.80. The van der Waals surface area contributed by atoms with Crippen molar-refractivity contribution in [2.45, 2.75) is 18.4 Å². The fourth-order valence-electron chi connectivity index (χ4n) is 3.23. The number of rotatable bonds is 10. The van der Waals surface area contributed by atoms with E-state index >= 15 is 0 Å². The third-order valence-electron chi connectivity index (χ3n) is 5.14. The predicted octanol–water partition coefficient (Wildman–Crippen LogP) is 4.56. The number of nitrogens with zero attached hydrogens (tertiary/aromatic N) is 3. The minimum atomic E-state index is -4.10. The van der Waals surface area contributed by atoms with Crippen LogP contribution in [-0.4, -0.2) is 43.4 Å². The van der Waals surface area contributed by atoms with Crippen LogP contribution in [0.5, 0.6) is 5.75 Å². The first-order valence-corrected chi connectivity index (χ1v) is 12.9. The first-order chi connectivity index (χ1) is 17.5. The second kappa shape index (κ2) is 12.2. The van der Waals surface area contributed by atoms with Gasteiger partial charge in [0, 0.05) is 28.2 Å². The Bertz CT molecular complexity index is 1450. The molecule has 0 aromatic heterocycles. The highest BCUT2D eigenvalue weighted by molar-refractivity contribution is 7.89. The van der Waals surface area contributed by atoms with Crippen LogP contribution in [0, 0.1) is 17.0 Å². The van der Waals surface area contributed by atoms with Gasteiger partial charge in [-0.2, -0.15) is 9.41 Å². The number of hydrogen-bond acceptors (Lipinski definition) is 7. The number of amides is 1. The van der Waals surface area contributed by atoms with E-state index in [4.69, 9.17) is 27.9 Å². The summed E-state index contributed by atoms with van der Waals surface area (Å²) < 4.78 is 32.7. The van der Waals surface area contributed by atoms with Gasteiger partial charge in [0.25, 0.3) is 5.91 Å². The summed E-state index contributed by atoms with van der Waals surface area (Å²) in [5.41, 5.74) is 3.62. The Balaban J connectivity index is 1.82. The van der Waals surface area contributed by atoms with E-state index in [1.165, 1.54) is 49.7 Å². The topological polar surface area (TPSA) is 131 Å². The Morgan fingerprint density at radius 2 is 1.84 bits per heavy atom. The molecule has 0 atom stereocenters. The third kappa shape index (κ3) is 7.26. The Morgan fingerprint density at radius 3 is 2.46 bits per heavy atom. The number of methoxy groups -OCH3 is 1. The van der Waals surface area contributed by atoms with Crippen molar-refractivity contribution in [3.05, 3.63) is 97.5 Å². The number of aryl methyl sites for hydroxylation is 1. The minimum Gasteiger partial charge on any atom is -0.490 e. The molecule has 13 heteroatoms. The van der Waals surface area contributed by atoms with Crippen LogP contribution in [0.3, 0.4) is 0 Å². The molecule has 0 aliphatic carbocycles. The van der Waals surface area contributed by atoms with Crippen molar-refractivity contribution in [2.24, 2.45) is 5.10 Å². The standard InChI is InChI=1S/C24H22Cl2N4O6S/c1-16-3-8-20(9-4-16)37(34,35)29(14-18-6-7-19(25)12-21(18)26)15-24(31)28-27-13-17-5-10-23(36-2)22(11-17)30(32)33/h3-13H,14-15H2,1-2H3,(H,28,31)/b27-13-. The number of ether oxygens (including phenoxy) is 1. The zero-order valence-electron chi connectivity index (χ0n) is 19.7. The SMILES string of the molecule is COc1ccc(/C=N\NC(=O)CN(Cc2ccc(Cl)cc2Cl)S(=O)(=O)c2ccc(C)cc2)cc1[N+](=O)[O-]. The second-order valence-corrected chi connectivity index (χ2v) is 10.6. The van der Waals surface area contributed by atoms with E-state index in [9.17, 15) is 23.3 Å². The molecule has 0 aliphatic heterocycles. The van der Waals surface area contributed by atoms with Crippen molar-refractivity contribution >= 4 is 51.0 Å². The molecule has 37 heavy (non-hydrogen) atoms. The molecule has 1 amide bonds. The Kier molecular flexibility index (Phi) is 9.22. The number of hydrazone groups is 1. The first kappa shape index (κ1) is 28.1. The summed E-state index contributed by atoms with van der Waals surface area (Å²) in [5, 5.41) is 15.6. The molecule has 194 valence electrons. The van der Waals surface area contributed by atoms with Crippen molar-refractivity contribution in [3.63, 3.8) is 0 Å². The minimum absolute atomic E-state index is 0.00466. The van der Waals surface area contributed by atoms with Crippen molar-refractivity contribution < 1.29 is 22.9 Å². The Morgan fingerprint density at radius 1 is 1.14 bits per heavy atom. The number of sulfonamides is 1. The Hall–Kier alpha value is -3.51. The molecule has 0 spiro atoms. The van der Waals surface area contributed by atoms with E-state index in [-0.39, 0.29) is 27.9 Å². The summed E-state index contributed by atoms with van der Waals surface area (Å²) in [6, 6.07) is 15.0. The highest BCUT2D eigenvalue weighted by atomic mass is 35.5. The van der Waals surface area contributed by atoms with Crippen molar-refractivity contribution in [1.29, 1.82) is 0 Å². The summed E-state index contributed by atoms with van der Waals surface area (Å²) in [5.74, 6) is -0.663. The van der Waals surface area contributed by atoms with Crippen LogP contribution < -0.4 is 10.2 Å². The number of halogens is 2. The summed E-state index contributed by atoms with van der Waals surface area (Å²) >= 11 is 12.2. The average Bonchev–Trinajstić information content (AvgIpc) is 2.85. The molecule has 0 saturated heterocycles. The first-order valence-electron chi connectivity index (χ1n) is 10.7. The molecule has 3 rings (SSSR count). The summed E-state index contributed by atoms with van der Waals surface area (Å²) in [6.45, 7) is 1.05. The van der Waals surface area contributed by atoms with Gasteiger partial charge in [0.1, 0.15) is 0 Å². The number of carbonyl (C=O) groups is 1. The zero-order valence-corrected chi connectivity index (χ0v) is 22.0. The lowest BCUT2D eigenvalue weighted by atomic mass is 10.2. The summed E-state index contributed by atoms with van der Waals surface area (Å²) in [4.78, 5) is 23.3. The molecule has 3 aromatic carbocycles. The monoisotopic (exact) mass is 564 g/mol. The molecule has 0 saturated carbocycles. The Labute approximate surface area is 223 Å². The lowest BCUT2D eigenvalue weighted by molar-refractivity contribution is -0.385. The molecule has 0 fully saturated rings. The number of nitro groups is 1. The maximum atomic E-state index is 13.4. The van der Waals surface area contributed by atoms with E-state index in [1.54, 1.807) is 24.3 Å². The lowest BCUT2D eigenvalue weighted by Gasteiger charge is -2.22. The maximum absolute atomic E-state index is 13.4. The molecular weight excluding hydrogens is 543 g/mol. The number of benzene rings is 3. The molecular formula is C24H22Cl2N4O6S. The van der Waals surface area contributed by atoms with Gasteiger partial charge >= 0.3 is 5.69 Å². The number of nitrogens with one attached hydrogen (secondary N) is 1. The van der Waals surface area contributed by atoms with Crippen molar-refractivity contribution in [2.75, 3.05) is 13.7 Å². The van der Waals surface area contributed by atoms with Gasteiger partial charge in [-0.05, 0) is 48.9 Å². The van der Waals surface area contributed by atoms with Crippen LogP contribution in [0.4, 0.5) is 5.69 Å². The van der Waals surface area contributed by atoms with Crippen LogP contribution in [0.2, 0.25) is 10.0 Å². The van der Waals surface area contributed by atoms with Crippen LogP contribution in [-0.2, 0) is 21.4 Å². The number of nitro benzene ring substituents is 1. The highest BCUT2D eigenvalue weighted by Crippen LogP contribution is 2.27. The third-order valence-corrected chi connectivity index (χ3v) is 7.54. The van der Waals surface area contributed by atoms with Gasteiger partial charge in [-0.1, -0.05) is 47.0 Å². The normalized spacial score (nSPS) is 11.6. The predicted molar refractivity (Wildman–Crippen MR) is 141 cm³/mol. The van der Waals surface area contributed by atoms with Crippen LogP contribution >= 0.6 is 23.2 Å². The van der Waals surface area contributed by atoms with E-state index < -0.39 is 27.4 Å². The lowest BCUT2D eigenvalue weighted by Crippen LogP contribution is -2.39. The average molecular weight is 565 g/mol. The zero-order chi connectivity index (χ0) is 27.2. The fourth-order valence-corrected chi connectivity index (χ4v) is 5.07. The van der Waals surface area contributed by atoms with Crippen LogP contribution in [0.25, 0.3) is 0 Å². The van der Waals surface area contributed by atoms with Gasteiger partial charge < -0.3 is 4.74 Å². The number of carbonyl (C=O) groups excluding carboxylic acids is 1. The molecule has 0 unspecified atom stereocenters. The molecule has 10 nitrogen and oxygen atoms in total. The van der Waals surface area contributed by atoms with Crippen molar-refractivity contribution in [1.82, 2.24) is 9.73 Å². The fraction of sp³-hybridized carbons (Fsp3) is 0.167. The number of hydrogen-bond donors (Lipinski definition) is 1. The molecule has 1 N–H and O–H groups in total. The van der Waals surface area contributed by atoms with Crippen molar-refractivity contribution in [3.8, 4) is 5.75 Å². The smallest absolute Gasteiger partial charge is 0.311 e. The highest BCUT2D eigenvalue weighted by Gasteiger charge is 2.27. The molecule has 0 aliphatic rings. The van der Waals surface area contributed by atoms with Crippen LogP contribution in [0.15, 0.2) is 70.7 Å². The van der Waals surface area contributed by atoms with E-state index in [0.29, 0.717) is 16.1 Å². The van der Waals surface area contributed by atoms with E-state index in [1.807, 2.05) is 6.92 Å². The molecule has 0 heterocycles. The van der Waals surface area contributed by atoms with Gasteiger partial charge in [-0.15, -0.1) is 0 Å². The summed E-state index contributed by atoms with van der Waals surface area (Å²) in [7, 11) is -2.79. The maximum Gasteiger partial charge on any atom is 0.311 e. The van der Waals surface area contributed by atoms with E-state index in [0.717, 1.165) is 9.87 Å². The van der Waals surface area contributed by atoms with E-state index in [2.05, 4.69) is 10.5 Å². The van der Waals surface area contributed by atoms with Gasteiger partial charge in [0.2, 0.25) is 10.0 Å². The largest absolute Gasteiger partial charge is 0.490 e. The molecule has 0 radical (unpaired) electrons.